The number of carbonyl (C=O) groups excluding carboxylic acids is 1. The van der Waals surface area contributed by atoms with Gasteiger partial charge in [-0.25, -0.2) is 9.97 Å². The minimum absolute atomic E-state index is 0.00231. The van der Waals surface area contributed by atoms with Crippen molar-refractivity contribution in [3.63, 3.8) is 0 Å². The van der Waals surface area contributed by atoms with Crippen LogP contribution in [0.4, 0.5) is 5.82 Å². The molecule has 1 aliphatic heterocycles. The molecule has 6 heteroatoms. The Kier molecular flexibility index (Phi) is 5.04. The molecule has 5 nitrogen and oxygen atoms in total. The van der Waals surface area contributed by atoms with Crippen molar-refractivity contribution in [3.05, 3.63) is 16.8 Å². The van der Waals surface area contributed by atoms with E-state index in [9.17, 15) is 4.79 Å². The highest BCUT2D eigenvalue weighted by molar-refractivity contribution is 7.20. The average molecular weight is 347 g/mol. The Morgan fingerprint density at radius 1 is 1.46 bits per heavy atom. The molecule has 130 valence electrons. The van der Waals surface area contributed by atoms with Crippen molar-refractivity contribution in [2.45, 2.75) is 65.5 Å². The van der Waals surface area contributed by atoms with Gasteiger partial charge in [0.05, 0.1) is 10.3 Å². The van der Waals surface area contributed by atoms with Gasteiger partial charge in [0.15, 0.2) is 0 Å². The van der Waals surface area contributed by atoms with Gasteiger partial charge in [0.1, 0.15) is 17.0 Å². The van der Waals surface area contributed by atoms with Gasteiger partial charge in [0.2, 0.25) is 0 Å². The Bertz CT molecular complexity index is 742. The molecule has 1 saturated heterocycles. The van der Waals surface area contributed by atoms with Crippen molar-refractivity contribution < 1.29 is 4.79 Å². The number of hydrogen-bond acceptors (Lipinski definition) is 5. The van der Waals surface area contributed by atoms with Crippen molar-refractivity contribution in [1.82, 2.24) is 15.3 Å². The van der Waals surface area contributed by atoms with E-state index in [1.807, 2.05) is 13.8 Å². The standard InChI is InChI=1S/C18H26N4OS/c1-5-11(2)21-17(23)15-13(4)14-16(19-10-20-18(14)24-15)22-9-7-6-8-12(22)3/h10-12H,5-9H2,1-4H3,(H,21,23)/t11-,12+/m1/s1. The number of rotatable bonds is 4. The zero-order valence-electron chi connectivity index (χ0n) is 14.9. The molecule has 3 rings (SSSR count). The summed E-state index contributed by atoms with van der Waals surface area (Å²) in [5, 5.41) is 4.11. The second kappa shape index (κ2) is 7.05. The summed E-state index contributed by atoms with van der Waals surface area (Å²) in [6.45, 7) is 9.40. The number of hydrogen-bond donors (Lipinski definition) is 1. The minimum Gasteiger partial charge on any atom is -0.353 e. The van der Waals surface area contributed by atoms with Gasteiger partial charge in [-0.05, 0) is 52.0 Å². The van der Waals surface area contributed by atoms with Gasteiger partial charge in [-0.3, -0.25) is 4.79 Å². The topological polar surface area (TPSA) is 58.1 Å². The molecule has 0 unspecified atom stereocenters. The predicted octanol–water partition coefficient (Wildman–Crippen LogP) is 3.91. The molecule has 0 bridgehead atoms. The molecule has 0 aliphatic carbocycles. The number of aryl methyl sites for hydroxylation is 1. The lowest BCUT2D eigenvalue weighted by atomic mass is 10.0. The van der Waals surface area contributed by atoms with E-state index < -0.39 is 0 Å². The van der Waals surface area contributed by atoms with E-state index in [0.717, 1.165) is 39.4 Å². The summed E-state index contributed by atoms with van der Waals surface area (Å²) in [5.74, 6) is 0.992. The van der Waals surface area contributed by atoms with Crippen LogP contribution in [0.25, 0.3) is 10.2 Å². The van der Waals surface area contributed by atoms with E-state index in [1.165, 1.54) is 30.6 Å². The van der Waals surface area contributed by atoms with Crippen molar-refractivity contribution in [1.29, 1.82) is 0 Å². The van der Waals surface area contributed by atoms with E-state index >= 15 is 0 Å². The first-order valence-corrected chi connectivity index (χ1v) is 9.66. The van der Waals surface area contributed by atoms with Crippen LogP contribution in [0.2, 0.25) is 0 Å². The number of carbonyl (C=O) groups is 1. The first-order chi connectivity index (χ1) is 11.5. The zero-order chi connectivity index (χ0) is 17.3. The molecule has 0 saturated carbocycles. The van der Waals surface area contributed by atoms with Crippen molar-refractivity contribution in [2.75, 3.05) is 11.4 Å². The SMILES string of the molecule is CC[C@@H](C)NC(=O)c1sc2ncnc(N3CCCC[C@@H]3C)c2c1C. The summed E-state index contributed by atoms with van der Waals surface area (Å²) in [4.78, 5) is 25.6. The number of nitrogens with one attached hydrogen (secondary N) is 1. The highest BCUT2D eigenvalue weighted by Crippen LogP contribution is 2.36. The van der Waals surface area contributed by atoms with Crippen molar-refractivity contribution >= 4 is 33.3 Å². The molecule has 24 heavy (non-hydrogen) atoms. The lowest BCUT2D eigenvalue weighted by Crippen LogP contribution is -2.38. The van der Waals surface area contributed by atoms with E-state index in [2.05, 4.69) is 34.0 Å². The number of anilines is 1. The Balaban J connectivity index is 2.02. The maximum atomic E-state index is 12.6. The highest BCUT2D eigenvalue weighted by atomic mass is 32.1. The van der Waals surface area contributed by atoms with Crippen LogP contribution in [0, 0.1) is 6.92 Å². The maximum absolute atomic E-state index is 12.6. The first kappa shape index (κ1) is 17.1. The first-order valence-electron chi connectivity index (χ1n) is 8.84. The van der Waals surface area contributed by atoms with Crippen LogP contribution in [0.3, 0.4) is 0 Å². The largest absolute Gasteiger partial charge is 0.353 e. The Labute approximate surface area is 147 Å². The summed E-state index contributed by atoms with van der Waals surface area (Å²) in [7, 11) is 0. The molecule has 1 fully saturated rings. The molecular formula is C18H26N4OS. The fourth-order valence-electron chi connectivity index (χ4n) is 3.29. The molecule has 0 radical (unpaired) electrons. The smallest absolute Gasteiger partial charge is 0.261 e. The fraction of sp³-hybridized carbons (Fsp3) is 0.611. The fourth-order valence-corrected chi connectivity index (χ4v) is 4.34. The normalized spacial score (nSPS) is 19.5. The lowest BCUT2D eigenvalue weighted by molar-refractivity contribution is 0.0943. The summed E-state index contributed by atoms with van der Waals surface area (Å²) in [5.41, 5.74) is 1.00. The zero-order valence-corrected chi connectivity index (χ0v) is 15.7. The average Bonchev–Trinajstić information content (AvgIpc) is 2.92. The van der Waals surface area contributed by atoms with Gasteiger partial charge in [0.25, 0.3) is 5.91 Å². The lowest BCUT2D eigenvalue weighted by Gasteiger charge is -2.34. The third-order valence-corrected chi connectivity index (χ3v) is 6.18. The van der Waals surface area contributed by atoms with Crippen LogP contribution in [0.5, 0.6) is 0 Å². The van der Waals surface area contributed by atoms with Crippen LogP contribution >= 0.6 is 11.3 Å². The number of aromatic nitrogens is 2. The van der Waals surface area contributed by atoms with Crippen molar-refractivity contribution in [2.24, 2.45) is 0 Å². The number of nitrogens with zero attached hydrogens (tertiary/aromatic N) is 3. The van der Waals surface area contributed by atoms with Crippen LogP contribution in [-0.4, -0.2) is 34.5 Å². The monoisotopic (exact) mass is 346 g/mol. The summed E-state index contributed by atoms with van der Waals surface area (Å²) < 4.78 is 0. The molecule has 1 N–H and O–H groups in total. The second-order valence-electron chi connectivity index (χ2n) is 6.75. The number of thiophene rings is 1. The van der Waals surface area contributed by atoms with Gasteiger partial charge in [-0.2, -0.15) is 0 Å². The molecule has 3 heterocycles. The third kappa shape index (κ3) is 3.11. The third-order valence-electron chi connectivity index (χ3n) is 4.98. The van der Waals surface area contributed by atoms with Crippen LogP contribution in [0.15, 0.2) is 6.33 Å². The molecular weight excluding hydrogens is 320 g/mol. The summed E-state index contributed by atoms with van der Waals surface area (Å²) in [6, 6.07) is 0.656. The molecule has 1 amide bonds. The summed E-state index contributed by atoms with van der Waals surface area (Å²) in [6.07, 6.45) is 6.21. The van der Waals surface area contributed by atoms with E-state index in [-0.39, 0.29) is 11.9 Å². The van der Waals surface area contributed by atoms with Crippen LogP contribution < -0.4 is 10.2 Å². The van der Waals surface area contributed by atoms with Gasteiger partial charge < -0.3 is 10.2 Å². The molecule has 0 spiro atoms. The number of piperidine rings is 1. The molecule has 0 aromatic carbocycles. The van der Waals surface area contributed by atoms with Gasteiger partial charge in [0, 0.05) is 18.6 Å². The van der Waals surface area contributed by atoms with Gasteiger partial charge in [-0.1, -0.05) is 6.92 Å². The number of fused-ring (bicyclic) bond motifs is 1. The predicted molar refractivity (Wildman–Crippen MR) is 100 cm³/mol. The van der Waals surface area contributed by atoms with Gasteiger partial charge in [-0.15, -0.1) is 11.3 Å². The quantitative estimate of drug-likeness (QED) is 0.912. The van der Waals surface area contributed by atoms with Crippen molar-refractivity contribution in [3.8, 4) is 0 Å². The molecule has 2 atom stereocenters. The molecule has 1 aliphatic rings. The van der Waals surface area contributed by atoms with Crippen LogP contribution in [0.1, 0.15) is 61.7 Å². The Morgan fingerprint density at radius 2 is 2.25 bits per heavy atom. The molecule has 2 aromatic heterocycles. The maximum Gasteiger partial charge on any atom is 0.261 e. The van der Waals surface area contributed by atoms with E-state index in [4.69, 9.17) is 0 Å². The van der Waals surface area contributed by atoms with E-state index in [0.29, 0.717) is 6.04 Å². The Hall–Kier alpha value is -1.69. The summed E-state index contributed by atoms with van der Waals surface area (Å²) >= 11 is 1.47. The van der Waals surface area contributed by atoms with Gasteiger partial charge >= 0.3 is 0 Å². The highest BCUT2D eigenvalue weighted by Gasteiger charge is 2.26. The Morgan fingerprint density at radius 3 is 2.96 bits per heavy atom. The molecule has 2 aromatic rings. The van der Waals surface area contributed by atoms with Crippen LogP contribution in [-0.2, 0) is 0 Å². The van der Waals surface area contributed by atoms with E-state index in [1.54, 1.807) is 6.33 Å². The number of amides is 1. The second-order valence-corrected chi connectivity index (χ2v) is 7.75. The minimum atomic E-state index is 0.00231.